The van der Waals surface area contributed by atoms with E-state index in [4.69, 9.17) is 4.74 Å². The summed E-state index contributed by atoms with van der Waals surface area (Å²) in [4.78, 5) is 32.7. The van der Waals surface area contributed by atoms with Crippen LogP contribution in [0.25, 0.3) is 11.0 Å². The summed E-state index contributed by atoms with van der Waals surface area (Å²) in [5.41, 5.74) is 3.05. The molecule has 7 nitrogen and oxygen atoms in total. The number of nitrogens with one attached hydrogen (secondary N) is 1. The van der Waals surface area contributed by atoms with Gasteiger partial charge < -0.3 is 19.5 Å². The molecule has 7 heteroatoms. The van der Waals surface area contributed by atoms with Gasteiger partial charge in [0, 0.05) is 36.8 Å². The van der Waals surface area contributed by atoms with E-state index in [2.05, 4.69) is 10.3 Å². The summed E-state index contributed by atoms with van der Waals surface area (Å²) >= 11 is 0. The topological polar surface area (TPSA) is 76.5 Å². The van der Waals surface area contributed by atoms with Gasteiger partial charge in [-0.05, 0) is 44.0 Å². The fraction of sp³-hybridized carbons (Fsp3) is 0.423. The van der Waals surface area contributed by atoms with Gasteiger partial charge in [-0.1, -0.05) is 37.5 Å². The lowest BCUT2D eigenvalue weighted by Gasteiger charge is -2.36. The zero-order valence-electron chi connectivity index (χ0n) is 19.0. The summed E-state index contributed by atoms with van der Waals surface area (Å²) in [7, 11) is 0. The number of carbonyl (C=O) groups excluding carboxylic acids is 2. The Bertz CT molecular complexity index is 1180. The highest BCUT2D eigenvalue weighted by Crippen LogP contribution is 2.28. The molecule has 0 spiro atoms. The molecule has 0 radical (unpaired) electrons. The summed E-state index contributed by atoms with van der Waals surface area (Å²) in [6.45, 7) is 4.36. The van der Waals surface area contributed by atoms with Crippen LogP contribution in [-0.4, -0.2) is 45.5 Å². The summed E-state index contributed by atoms with van der Waals surface area (Å²) < 4.78 is 7.64. The Labute approximate surface area is 193 Å². The summed E-state index contributed by atoms with van der Waals surface area (Å²) in [5, 5.41) is 2.97. The summed E-state index contributed by atoms with van der Waals surface area (Å²) in [6.07, 6.45) is 5.82. The van der Waals surface area contributed by atoms with Crippen LogP contribution in [0.1, 0.15) is 65.6 Å². The maximum Gasteiger partial charge on any atom is 0.290 e. The van der Waals surface area contributed by atoms with Crippen LogP contribution < -0.4 is 10.1 Å². The van der Waals surface area contributed by atoms with Gasteiger partial charge in [0.15, 0.2) is 5.82 Å². The van der Waals surface area contributed by atoms with Crippen molar-refractivity contribution in [2.45, 2.75) is 58.2 Å². The van der Waals surface area contributed by atoms with Crippen LogP contribution in [0.3, 0.4) is 0 Å². The molecule has 0 saturated heterocycles. The number of ether oxygens (including phenoxy) is 1. The van der Waals surface area contributed by atoms with E-state index in [1.54, 1.807) is 12.1 Å². The molecule has 2 aromatic carbocycles. The molecule has 172 valence electrons. The lowest BCUT2D eigenvalue weighted by Crippen LogP contribution is -2.47. The van der Waals surface area contributed by atoms with E-state index in [9.17, 15) is 9.59 Å². The Balaban J connectivity index is 1.33. The van der Waals surface area contributed by atoms with Gasteiger partial charge in [-0.3, -0.25) is 9.59 Å². The lowest BCUT2D eigenvalue weighted by atomic mass is 9.94. The van der Waals surface area contributed by atoms with E-state index in [1.807, 2.05) is 46.7 Å². The van der Waals surface area contributed by atoms with Crippen molar-refractivity contribution in [2.75, 3.05) is 13.2 Å². The van der Waals surface area contributed by atoms with Crippen molar-refractivity contribution >= 4 is 22.8 Å². The predicted octanol–water partition coefficient (Wildman–Crippen LogP) is 4.15. The zero-order chi connectivity index (χ0) is 22.8. The maximum atomic E-state index is 13.2. The molecule has 3 aromatic rings. The number of aromatic nitrogens is 2. The first-order valence-electron chi connectivity index (χ1n) is 12.0. The van der Waals surface area contributed by atoms with Crippen molar-refractivity contribution in [1.82, 2.24) is 19.8 Å². The SMILES string of the molecule is CCOc1ccccc1CNC(=O)c1ccc2c(c1)nc1n2CCN(C2CCCCC2)C1=O. The maximum absolute atomic E-state index is 13.2. The molecular weight excluding hydrogens is 416 g/mol. The van der Waals surface area contributed by atoms with Crippen LogP contribution in [0.5, 0.6) is 5.75 Å². The predicted molar refractivity (Wildman–Crippen MR) is 126 cm³/mol. The molecule has 1 aromatic heterocycles. The van der Waals surface area contributed by atoms with Crippen molar-refractivity contribution in [3.8, 4) is 5.75 Å². The van der Waals surface area contributed by atoms with Crippen LogP contribution in [0.15, 0.2) is 42.5 Å². The highest BCUT2D eigenvalue weighted by Gasteiger charge is 2.33. The largest absolute Gasteiger partial charge is 0.494 e. The van der Waals surface area contributed by atoms with Crippen molar-refractivity contribution in [1.29, 1.82) is 0 Å². The molecule has 5 rings (SSSR count). The number of carbonyl (C=O) groups is 2. The Morgan fingerprint density at radius 1 is 1.12 bits per heavy atom. The van der Waals surface area contributed by atoms with Crippen molar-refractivity contribution in [3.63, 3.8) is 0 Å². The first-order chi connectivity index (χ1) is 16.2. The van der Waals surface area contributed by atoms with Crippen LogP contribution in [0, 0.1) is 0 Å². The molecule has 33 heavy (non-hydrogen) atoms. The molecule has 1 saturated carbocycles. The molecule has 0 unspecified atom stereocenters. The molecular formula is C26H30N4O3. The molecule has 2 amide bonds. The van der Waals surface area contributed by atoms with E-state index in [1.165, 1.54) is 19.3 Å². The van der Waals surface area contributed by atoms with Gasteiger partial charge in [-0.2, -0.15) is 0 Å². The quantitative estimate of drug-likeness (QED) is 0.617. The number of hydrogen-bond donors (Lipinski definition) is 1. The molecule has 0 atom stereocenters. The van der Waals surface area contributed by atoms with Crippen LogP contribution in [0.2, 0.25) is 0 Å². The molecule has 1 aliphatic carbocycles. The molecule has 0 bridgehead atoms. The average molecular weight is 447 g/mol. The van der Waals surface area contributed by atoms with E-state index >= 15 is 0 Å². The summed E-state index contributed by atoms with van der Waals surface area (Å²) in [6, 6.07) is 13.5. The van der Waals surface area contributed by atoms with Crippen molar-refractivity contribution in [3.05, 3.63) is 59.4 Å². The Hall–Kier alpha value is -3.35. The zero-order valence-corrected chi connectivity index (χ0v) is 19.0. The van der Waals surface area contributed by atoms with Crippen LogP contribution in [-0.2, 0) is 13.1 Å². The van der Waals surface area contributed by atoms with Gasteiger partial charge in [-0.25, -0.2) is 4.98 Å². The number of benzene rings is 2. The van der Waals surface area contributed by atoms with Gasteiger partial charge in [0.05, 0.1) is 17.6 Å². The first-order valence-corrected chi connectivity index (χ1v) is 12.0. The average Bonchev–Trinajstić information content (AvgIpc) is 3.23. The number of fused-ring (bicyclic) bond motifs is 3. The fourth-order valence-electron chi connectivity index (χ4n) is 5.06. The molecule has 2 heterocycles. The van der Waals surface area contributed by atoms with Gasteiger partial charge >= 0.3 is 0 Å². The molecule has 1 fully saturated rings. The van der Waals surface area contributed by atoms with E-state index in [0.29, 0.717) is 36.1 Å². The third-order valence-electron chi connectivity index (χ3n) is 6.75. The van der Waals surface area contributed by atoms with Gasteiger partial charge in [0.25, 0.3) is 11.8 Å². The number of imidazole rings is 1. The van der Waals surface area contributed by atoms with Crippen molar-refractivity contribution < 1.29 is 14.3 Å². The normalized spacial score (nSPS) is 16.6. The lowest BCUT2D eigenvalue weighted by molar-refractivity contribution is 0.0566. The third kappa shape index (κ3) is 4.19. The monoisotopic (exact) mass is 446 g/mol. The number of nitrogens with zero attached hydrogens (tertiary/aromatic N) is 3. The van der Waals surface area contributed by atoms with Crippen molar-refractivity contribution in [2.24, 2.45) is 0 Å². The van der Waals surface area contributed by atoms with Gasteiger partial charge in [0.1, 0.15) is 5.75 Å². The van der Waals surface area contributed by atoms with E-state index < -0.39 is 0 Å². The highest BCUT2D eigenvalue weighted by atomic mass is 16.5. The van der Waals surface area contributed by atoms with Gasteiger partial charge in [0.2, 0.25) is 0 Å². The molecule has 1 aliphatic heterocycles. The second-order valence-corrected chi connectivity index (χ2v) is 8.80. The second kappa shape index (κ2) is 9.25. The van der Waals surface area contributed by atoms with E-state index in [0.717, 1.165) is 42.8 Å². The Morgan fingerprint density at radius 3 is 2.76 bits per heavy atom. The van der Waals surface area contributed by atoms with E-state index in [-0.39, 0.29) is 11.8 Å². The van der Waals surface area contributed by atoms with Gasteiger partial charge in [-0.15, -0.1) is 0 Å². The third-order valence-corrected chi connectivity index (χ3v) is 6.75. The fourth-order valence-corrected chi connectivity index (χ4v) is 5.06. The van der Waals surface area contributed by atoms with Crippen LogP contribution in [0.4, 0.5) is 0 Å². The summed E-state index contributed by atoms with van der Waals surface area (Å²) in [5.74, 6) is 1.11. The number of amides is 2. The smallest absolute Gasteiger partial charge is 0.290 e. The Morgan fingerprint density at radius 2 is 1.94 bits per heavy atom. The highest BCUT2D eigenvalue weighted by molar-refractivity contribution is 6.00. The molecule has 2 aliphatic rings. The number of rotatable bonds is 6. The standard InChI is InChI=1S/C26H30N4O3/c1-2-33-23-11-7-6-8-19(23)17-27-25(31)18-12-13-22-21(16-18)28-24-26(32)29(14-15-30(22)24)20-9-4-3-5-10-20/h6-8,11-13,16,20H,2-5,9-10,14-15,17H2,1H3,(H,27,31). The van der Waals surface area contributed by atoms with Crippen LogP contribution >= 0.6 is 0 Å². The second-order valence-electron chi connectivity index (χ2n) is 8.80. The first kappa shape index (κ1) is 21.5. The minimum atomic E-state index is -0.177. The minimum Gasteiger partial charge on any atom is -0.494 e. The number of para-hydroxylation sites is 1. The molecule has 1 N–H and O–H groups in total. The number of hydrogen-bond acceptors (Lipinski definition) is 4. The minimum absolute atomic E-state index is 0.0166. The Kier molecular flexibility index (Phi) is 6.03.